The summed E-state index contributed by atoms with van der Waals surface area (Å²) in [5, 5.41) is 33.2. The maximum atomic E-state index is 12.8. The van der Waals surface area contributed by atoms with Crippen molar-refractivity contribution in [2.45, 2.75) is 0 Å². The van der Waals surface area contributed by atoms with Crippen LogP contribution < -0.4 is 10.6 Å². The van der Waals surface area contributed by atoms with Gasteiger partial charge in [-0.15, -0.1) is 0 Å². The molecule has 0 unspecified atom stereocenters. The van der Waals surface area contributed by atoms with Gasteiger partial charge in [-0.3, -0.25) is 53.2 Å². The Morgan fingerprint density at radius 1 is 0.652 bits per heavy atom. The highest BCUT2D eigenvalue weighted by Gasteiger charge is 2.21. The lowest BCUT2D eigenvalue weighted by atomic mass is 10.1. The first kappa shape index (κ1) is 37.4. The van der Waals surface area contributed by atoms with Crippen LogP contribution in [0, 0.1) is 0 Å². The molecule has 1 saturated heterocycles. The summed E-state index contributed by atoms with van der Waals surface area (Å²) in [6.45, 7) is 0.829. The number of hydrogen-bond acceptors (Lipinski definition) is 11. The first-order valence-electron chi connectivity index (χ1n) is 14.5. The van der Waals surface area contributed by atoms with Crippen LogP contribution in [0.1, 0.15) is 5.56 Å². The van der Waals surface area contributed by atoms with Gasteiger partial charge in [-0.25, -0.2) is 0 Å². The Balaban J connectivity index is 1.98. The second-order valence-electron chi connectivity index (χ2n) is 10.5. The molecule has 1 aromatic carbocycles. The molecule has 1 aliphatic heterocycles. The average Bonchev–Trinajstić information content (AvgIpc) is 2.99. The first-order valence-corrected chi connectivity index (χ1v) is 14.5. The zero-order valence-electron chi connectivity index (χ0n) is 25.4. The van der Waals surface area contributed by atoms with E-state index in [2.05, 4.69) is 10.6 Å². The molecule has 250 valence electrons. The lowest BCUT2D eigenvalue weighted by Crippen LogP contribution is -2.50. The summed E-state index contributed by atoms with van der Waals surface area (Å²) >= 11 is 0. The molecule has 1 fully saturated rings. The van der Waals surface area contributed by atoms with Crippen molar-refractivity contribution in [3.8, 4) is 0 Å². The molecule has 0 spiro atoms. The third kappa shape index (κ3) is 15.8. The van der Waals surface area contributed by atoms with Crippen LogP contribution in [0.25, 0.3) is 6.08 Å². The molecule has 16 heteroatoms. The number of carboxylic acid groups (broad SMARTS) is 3. The highest BCUT2D eigenvalue weighted by atomic mass is 16.4. The van der Waals surface area contributed by atoms with Crippen LogP contribution in [0.3, 0.4) is 0 Å². The van der Waals surface area contributed by atoms with E-state index in [1.54, 1.807) is 49.9 Å². The lowest BCUT2D eigenvalue weighted by Gasteiger charge is -2.32. The molecule has 2 rings (SSSR count). The van der Waals surface area contributed by atoms with Gasteiger partial charge in [0.05, 0.1) is 32.7 Å². The van der Waals surface area contributed by atoms with Crippen molar-refractivity contribution in [3.05, 3.63) is 47.6 Å². The second kappa shape index (κ2) is 20.3. The predicted molar refractivity (Wildman–Crippen MR) is 166 cm³/mol. The number of benzene rings is 1. The SMILES string of the molecule is O=C/C=C(C=O)\C=C\c1ccc(NC(=O)CNC(=O)CN2CCN(CC(=O)O)CCN(CC(=O)O)CCN(CC(=O)O)CC2)cc1. The predicted octanol–water partition coefficient (Wildman–Crippen LogP) is -1.45. The summed E-state index contributed by atoms with van der Waals surface area (Å²) in [6.07, 6.45) is 5.30. The minimum Gasteiger partial charge on any atom is -0.480 e. The number of hydrogen-bond donors (Lipinski definition) is 5. The molecular formula is C30H40N6O10. The molecule has 0 aliphatic carbocycles. The number of carbonyl (C=O) groups is 7. The summed E-state index contributed by atoms with van der Waals surface area (Å²) in [4.78, 5) is 87.6. The minimum atomic E-state index is -1.05. The number of aliphatic carboxylic acids is 3. The molecule has 46 heavy (non-hydrogen) atoms. The van der Waals surface area contributed by atoms with E-state index >= 15 is 0 Å². The largest absolute Gasteiger partial charge is 0.480 e. The monoisotopic (exact) mass is 644 g/mol. The first-order chi connectivity index (χ1) is 22.0. The van der Waals surface area contributed by atoms with Gasteiger partial charge in [0.1, 0.15) is 12.6 Å². The smallest absolute Gasteiger partial charge is 0.317 e. The quantitative estimate of drug-likeness (QED) is 0.0839. The van der Waals surface area contributed by atoms with Gasteiger partial charge in [0.15, 0.2) is 0 Å². The van der Waals surface area contributed by atoms with Crippen molar-refractivity contribution in [1.29, 1.82) is 0 Å². The van der Waals surface area contributed by atoms with E-state index in [0.29, 0.717) is 18.3 Å². The fourth-order valence-corrected chi connectivity index (χ4v) is 4.51. The van der Waals surface area contributed by atoms with Crippen LogP contribution in [0.15, 0.2) is 42.0 Å². The average molecular weight is 645 g/mol. The van der Waals surface area contributed by atoms with Gasteiger partial charge in [-0.2, -0.15) is 0 Å². The number of carboxylic acids is 3. The third-order valence-corrected chi connectivity index (χ3v) is 6.88. The van der Waals surface area contributed by atoms with Gasteiger partial charge in [-0.05, 0) is 23.8 Å². The summed E-state index contributed by atoms with van der Waals surface area (Å²) in [6, 6.07) is 6.64. The molecule has 0 saturated carbocycles. The molecule has 1 heterocycles. The number of aldehydes is 2. The fourth-order valence-electron chi connectivity index (χ4n) is 4.51. The number of nitrogens with zero attached hydrogens (tertiary/aromatic N) is 4. The van der Waals surface area contributed by atoms with Gasteiger partial charge in [-0.1, -0.05) is 24.3 Å². The van der Waals surface area contributed by atoms with Crippen LogP contribution in [-0.4, -0.2) is 162 Å². The fraction of sp³-hybridized carbons (Fsp3) is 0.433. The molecule has 16 nitrogen and oxygen atoms in total. The van der Waals surface area contributed by atoms with Crippen LogP contribution in [0.2, 0.25) is 0 Å². The van der Waals surface area contributed by atoms with Crippen molar-refractivity contribution in [2.24, 2.45) is 0 Å². The number of allylic oxidation sites excluding steroid dienone is 3. The minimum absolute atomic E-state index is 0.122. The number of anilines is 1. The highest BCUT2D eigenvalue weighted by molar-refractivity contribution is 5.95. The number of rotatable bonds is 15. The van der Waals surface area contributed by atoms with E-state index in [4.69, 9.17) is 0 Å². The van der Waals surface area contributed by atoms with E-state index in [9.17, 15) is 48.9 Å². The Labute approximate surface area is 265 Å². The van der Waals surface area contributed by atoms with Crippen LogP contribution >= 0.6 is 0 Å². The van der Waals surface area contributed by atoms with E-state index in [0.717, 1.165) is 11.6 Å². The summed E-state index contributed by atoms with van der Waals surface area (Å²) in [7, 11) is 0. The van der Waals surface area contributed by atoms with Crippen molar-refractivity contribution in [3.63, 3.8) is 0 Å². The third-order valence-electron chi connectivity index (χ3n) is 6.88. The van der Waals surface area contributed by atoms with Crippen molar-refractivity contribution < 1.29 is 48.9 Å². The molecule has 1 aromatic rings. The molecule has 1 aliphatic rings. The standard InChI is InChI=1S/C30H40N6O10/c37-16-7-24(22-38)2-1-23-3-5-25(6-4-23)32-26(39)17-31-27(40)18-33-8-10-34(19-28(41)42)12-14-36(21-30(45)46)15-13-35(11-9-33)20-29(43)44/h1-7,16,22H,8-15,17-21H2,(H,31,40)(H,32,39)(H,41,42)(H,43,44)(H,45,46)/b2-1+,24-7+. The number of nitrogens with one attached hydrogen (secondary N) is 2. The van der Waals surface area contributed by atoms with E-state index < -0.39 is 29.7 Å². The van der Waals surface area contributed by atoms with Gasteiger partial charge in [0.2, 0.25) is 11.8 Å². The zero-order chi connectivity index (χ0) is 33.9. The number of amides is 2. The van der Waals surface area contributed by atoms with Gasteiger partial charge in [0.25, 0.3) is 0 Å². The molecule has 5 N–H and O–H groups in total. The van der Waals surface area contributed by atoms with Crippen molar-refractivity contribution >= 4 is 54.1 Å². The van der Waals surface area contributed by atoms with Crippen molar-refractivity contribution in [2.75, 3.05) is 90.4 Å². The Bertz CT molecular complexity index is 1250. The molecule has 2 amide bonds. The topological polar surface area (TPSA) is 217 Å². The van der Waals surface area contributed by atoms with Gasteiger partial charge < -0.3 is 26.0 Å². The van der Waals surface area contributed by atoms with Crippen LogP contribution in [0.5, 0.6) is 0 Å². The molecule has 0 radical (unpaired) electrons. The van der Waals surface area contributed by atoms with Gasteiger partial charge in [0, 0.05) is 63.6 Å². The Kier molecular flexibility index (Phi) is 16.5. The molecule has 0 atom stereocenters. The maximum absolute atomic E-state index is 12.8. The van der Waals surface area contributed by atoms with Crippen molar-refractivity contribution in [1.82, 2.24) is 24.9 Å². The lowest BCUT2D eigenvalue weighted by molar-refractivity contribution is -0.140. The summed E-state index contributed by atoms with van der Waals surface area (Å²) in [5.41, 5.74) is 1.39. The normalized spacial score (nSPS) is 16.6. The van der Waals surface area contributed by atoms with E-state index in [1.165, 1.54) is 6.08 Å². The molecule has 0 bridgehead atoms. The molecule has 0 aromatic heterocycles. The summed E-state index contributed by atoms with van der Waals surface area (Å²) < 4.78 is 0. The van der Waals surface area contributed by atoms with Gasteiger partial charge >= 0.3 is 17.9 Å². The Morgan fingerprint density at radius 2 is 1.09 bits per heavy atom. The van der Waals surface area contributed by atoms with Crippen LogP contribution in [-0.2, 0) is 33.6 Å². The second-order valence-corrected chi connectivity index (χ2v) is 10.5. The zero-order valence-corrected chi connectivity index (χ0v) is 25.4. The van der Waals surface area contributed by atoms with Crippen LogP contribution in [0.4, 0.5) is 5.69 Å². The summed E-state index contributed by atoms with van der Waals surface area (Å²) in [5.74, 6) is -4.09. The number of carbonyl (C=O) groups excluding carboxylic acids is 4. The van der Waals surface area contributed by atoms with E-state index in [1.807, 2.05) is 0 Å². The Hall–Kier alpha value is -4.77. The molecular weight excluding hydrogens is 604 g/mol. The highest BCUT2D eigenvalue weighted by Crippen LogP contribution is 2.11. The Morgan fingerprint density at radius 3 is 1.48 bits per heavy atom. The maximum Gasteiger partial charge on any atom is 0.317 e. The van der Waals surface area contributed by atoms with E-state index in [-0.39, 0.29) is 90.7 Å².